The summed E-state index contributed by atoms with van der Waals surface area (Å²) in [6.45, 7) is 2.35. The predicted octanol–water partition coefficient (Wildman–Crippen LogP) is 1.30. The van der Waals surface area contributed by atoms with Gasteiger partial charge in [-0.2, -0.15) is 13.2 Å². The Labute approximate surface area is 98.1 Å². The van der Waals surface area contributed by atoms with Gasteiger partial charge < -0.3 is 10.6 Å². The Bertz CT molecular complexity index is 310. The second kappa shape index (κ2) is 4.15. The maximum atomic E-state index is 13.0. The van der Waals surface area contributed by atoms with E-state index in [0.29, 0.717) is 18.4 Å². The van der Waals surface area contributed by atoms with Gasteiger partial charge in [0.25, 0.3) is 0 Å². The van der Waals surface area contributed by atoms with Crippen molar-refractivity contribution in [3.05, 3.63) is 0 Å². The Hall–Kier alpha value is -0.780. The van der Waals surface area contributed by atoms with Crippen molar-refractivity contribution in [3.63, 3.8) is 0 Å². The van der Waals surface area contributed by atoms with Crippen molar-refractivity contribution in [3.8, 4) is 0 Å². The van der Waals surface area contributed by atoms with E-state index in [-0.39, 0.29) is 19.5 Å². The number of rotatable bonds is 3. The molecule has 3 unspecified atom stereocenters. The minimum Gasteiger partial charge on any atom is -0.355 e. The van der Waals surface area contributed by atoms with Crippen LogP contribution in [0.2, 0.25) is 0 Å². The Morgan fingerprint density at radius 2 is 2.18 bits per heavy atom. The molecular weight excluding hydrogens is 233 g/mol. The lowest BCUT2D eigenvalue weighted by Crippen LogP contribution is -2.52. The minimum absolute atomic E-state index is 0.164. The zero-order chi connectivity index (χ0) is 12.7. The Kier molecular flexibility index (Phi) is 3.10. The first-order chi connectivity index (χ1) is 7.87. The van der Waals surface area contributed by atoms with Crippen LogP contribution in [0.1, 0.15) is 19.8 Å². The van der Waals surface area contributed by atoms with Crippen LogP contribution in [0.3, 0.4) is 0 Å². The van der Waals surface area contributed by atoms with Crippen LogP contribution in [0.5, 0.6) is 0 Å². The van der Waals surface area contributed by atoms with Gasteiger partial charge in [0.15, 0.2) is 5.41 Å². The molecule has 1 amide bonds. The van der Waals surface area contributed by atoms with Gasteiger partial charge in [-0.15, -0.1) is 0 Å². The maximum Gasteiger partial charge on any atom is 0.404 e. The van der Waals surface area contributed by atoms with Crippen LogP contribution in [-0.2, 0) is 4.79 Å². The zero-order valence-electron chi connectivity index (χ0n) is 9.73. The number of halogens is 3. The number of carbonyl (C=O) groups excluding carboxylic acids is 1. The molecule has 1 aliphatic carbocycles. The largest absolute Gasteiger partial charge is 0.404 e. The van der Waals surface area contributed by atoms with E-state index in [0.717, 1.165) is 6.42 Å². The molecule has 0 aromatic rings. The summed E-state index contributed by atoms with van der Waals surface area (Å²) < 4.78 is 38.9. The number of hydrogen-bond acceptors (Lipinski definition) is 2. The third-order valence-corrected chi connectivity index (χ3v) is 3.93. The first kappa shape index (κ1) is 12.7. The molecule has 1 saturated carbocycles. The number of amides is 1. The molecular formula is C11H17F3N2O. The SMILES string of the molecule is CC1CC1CNC(=O)C1(C(F)(F)F)CCNC1. The number of nitrogens with one attached hydrogen (secondary N) is 2. The normalized spacial score (nSPS) is 36.9. The average Bonchev–Trinajstić information content (AvgIpc) is 2.77. The van der Waals surface area contributed by atoms with Gasteiger partial charge in [0, 0.05) is 13.1 Å². The lowest BCUT2D eigenvalue weighted by atomic mass is 9.85. The summed E-state index contributed by atoms with van der Waals surface area (Å²) in [6, 6.07) is 0. The summed E-state index contributed by atoms with van der Waals surface area (Å²) in [7, 11) is 0. The molecule has 1 heterocycles. The van der Waals surface area contributed by atoms with E-state index in [9.17, 15) is 18.0 Å². The second-order valence-corrected chi connectivity index (χ2v) is 5.19. The van der Waals surface area contributed by atoms with Crippen molar-refractivity contribution in [1.82, 2.24) is 10.6 Å². The van der Waals surface area contributed by atoms with E-state index >= 15 is 0 Å². The Morgan fingerprint density at radius 1 is 1.53 bits per heavy atom. The predicted molar refractivity (Wildman–Crippen MR) is 56.3 cm³/mol. The van der Waals surface area contributed by atoms with E-state index in [1.165, 1.54) is 0 Å². The van der Waals surface area contributed by atoms with Gasteiger partial charge >= 0.3 is 6.18 Å². The van der Waals surface area contributed by atoms with Crippen molar-refractivity contribution in [2.75, 3.05) is 19.6 Å². The molecule has 3 nitrogen and oxygen atoms in total. The molecule has 2 aliphatic rings. The Balaban J connectivity index is 1.98. The van der Waals surface area contributed by atoms with E-state index in [1.54, 1.807) is 0 Å². The van der Waals surface area contributed by atoms with Gasteiger partial charge in [0.1, 0.15) is 0 Å². The van der Waals surface area contributed by atoms with Crippen molar-refractivity contribution in [1.29, 1.82) is 0 Å². The fourth-order valence-corrected chi connectivity index (χ4v) is 2.33. The van der Waals surface area contributed by atoms with Crippen molar-refractivity contribution in [2.45, 2.75) is 25.9 Å². The standard InChI is InChI=1S/C11H17F3N2O/c1-7-4-8(7)5-16-9(17)10(11(12,13)14)2-3-15-6-10/h7-8,15H,2-6H2,1H3,(H,16,17). The van der Waals surface area contributed by atoms with Crippen LogP contribution < -0.4 is 10.6 Å². The van der Waals surface area contributed by atoms with Gasteiger partial charge in [-0.1, -0.05) is 6.92 Å². The quantitative estimate of drug-likeness (QED) is 0.792. The highest BCUT2D eigenvalue weighted by Gasteiger charge is 2.61. The van der Waals surface area contributed by atoms with Gasteiger partial charge in [-0.25, -0.2) is 0 Å². The molecule has 98 valence electrons. The van der Waals surface area contributed by atoms with Crippen LogP contribution in [0.4, 0.5) is 13.2 Å². The van der Waals surface area contributed by atoms with Crippen molar-refractivity contribution in [2.24, 2.45) is 17.3 Å². The highest BCUT2D eigenvalue weighted by atomic mass is 19.4. The smallest absolute Gasteiger partial charge is 0.355 e. The zero-order valence-corrected chi connectivity index (χ0v) is 9.73. The van der Waals surface area contributed by atoms with Crippen LogP contribution in [0.15, 0.2) is 0 Å². The van der Waals surface area contributed by atoms with Gasteiger partial charge in [0.2, 0.25) is 5.91 Å². The number of hydrogen-bond donors (Lipinski definition) is 2. The molecule has 0 bridgehead atoms. The van der Waals surface area contributed by atoms with Gasteiger partial charge in [0.05, 0.1) is 0 Å². The van der Waals surface area contributed by atoms with Crippen LogP contribution in [0.25, 0.3) is 0 Å². The summed E-state index contributed by atoms with van der Waals surface area (Å²) in [5, 5.41) is 5.10. The minimum atomic E-state index is -4.48. The molecule has 0 spiro atoms. The van der Waals surface area contributed by atoms with E-state index in [1.807, 2.05) is 6.92 Å². The van der Waals surface area contributed by atoms with E-state index in [4.69, 9.17) is 0 Å². The van der Waals surface area contributed by atoms with Crippen molar-refractivity contribution < 1.29 is 18.0 Å². The fraction of sp³-hybridized carbons (Fsp3) is 0.909. The molecule has 0 aromatic heterocycles. The highest BCUT2D eigenvalue weighted by molar-refractivity contribution is 5.84. The van der Waals surface area contributed by atoms with E-state index in [2.05, 4.69) is 10.6 Å². The number of carbonyl (C=O) groups is 1. The molecule has 17 heavy (non-hydrogen) atoms. The molecule has 6 heteroatoms. The molecule has 3 atom stereocenters. The highest BCUT2D eigenvalue weighted by Crippen LogP contribution is 2.43. The lowest BCUT2D eigenvalue weighted by Gasteiger charge is -2.29. The van der Waals surface area contributed by atoms with Crippen LogP contribution in [0, 0.1) is 17.3 Å². The fourth-order valence-electron chi connectivity index (χ4n) is 2.33. The third kappa shape index (κ3) is 2.27. The lowest BCUT2D eigenvalue weighted by molar-refractivity contribution is -0.216. The summed E-state index contributed by atoms with van der Waals surface area (Å²) >= 11 is 0. The first-order valence-corrected chi connectivity index (χ1v) is 5.92. The molecule has 1 aliphatic heterocycles. The topological polar surface area (TPSA) is 41.1 Å². The molecule has 2 rings (SSSR count). The first-order valence-electron chi connectivity index (χ1n) is 5.92. The van der Waals surface area contributed by atoms with Crippen molar-refractivity contribution >= 4 is 5.91 Å². The molecule has 2 N–H and O–H groups in total. The number of alkyl halides is 3. The molecule has 0 aromatic carbocycles. The third-order valence-electron chi connectivity index (χ3n) is 3.93. The molecule has 0 radical (unpaired) electrons. The van der Waals surface area contributed by atoms with Gasteiger partial charge in [-0.05, 0) is 31.2 Å². The maximum absolute atomic E-state index is 13.0. The monoisotopic (exact) mass is 250 g/mol. The molecule has 1 saturated heterocycles. The summed E-state index contributed by atoms with van der Waals surface area (Å²) in [5.41, 5.74) is -2.22. The summed E-state index contributed by atoms with van der Waals surface area (Å²) in [4.78, 5) is 11.8. The van der Waals surface area contributed by atoms with Crippen LogP contribution in [-0.4, -0.2) is 31.7 Å². The molecule has 2 fully saturated rings. The average molecular weight is 250 g/mol. The Morgan fingerprint density at radius 3 is 2.59 bits per heavy atom. The van der Waals surface area contributed by atoms with Crippen LogP contribution >= 0.6 is 0 Å². The van der Waals surface area contributed by atoms with E-state index < -0.39 is 17.5 Å². The van der Waals surface area contributed by atoms with Gasteiger partial charge in [-0.3, -0.25) is 4.79 Å². The second-order valence-electron chi connectivity index (χ2n) is 5.19. The summed E-state index contributed by atoms with van der Waals surface area (Å²) in [5.74, 6) is 0.0199. The summed E-state index contributed by atoms with van der Waals surface area (Å²) in [6.07, 6.45) is -3.64.